The smallest absolute Gasteiger partial charge is 0.0412 e. The van der Waals surface area contributed by atoms with Crippen LogP contribution in [0.25, 0.3) is 0 Å². The van der Waals surface area contributed by atoms with Gasteiger partial charge < -0.3 is 10.6 Å². The molecule has 0 amide bonds. The zero-order chi connectivity index (χ0) is 12.4. The summed E-state index contributed by atoms with van der Waals surface area (Å²) < 4.78 is 0. The highest BCUT2D eigenvalue weighted by atomic mass is 15.1. The summed E-state index contributed by atoms with van der Waals surface area (Å²) in [5, 5.41) is 0. The molecule has 0 saturated carbocycles. The molecule has 1 aromatic carbocycles. The van der Waals surface area contributed by atoms with Gasteiger partial charge in [-0.3, -0.25) is 0 Å². The average molecular weight is 232 g/mol. The minimum atomic E-state index is 0.636. The Labute approximate surface area is 105 Å². The van der Waals surface area contributed by atoms with E-state index >= 15 is 0 Å². The molecule has 1 aliphatic heterocycles. The van der Waals surface area contributed by atoms with Crippen molar-refractivity contribution < 1.29 is 0 Å². The van der Waals surface area contributed by atoms with Gasteiger partial charge >= 0.3 is 0 Å². The minimum Gasteiger partial charge on any atom is -0.371 e. The van der Waals surface area contributed by atoms with E-state index in [1.54, 1.807) is 0 Å². The molecule has 94 valence electrons. The summed E-state index contributed by atoms with van der Waals surface area (Å²) in [6, 6.07) is 6.65. The summed E-state index contributed by atoms with van der Waals surface area (Å²) in [5.74, 6) is 1.62. The van der Waals surface area contributed by atoms with Crippen LogP contribution in [0, 0.1) is 18.8 Å². The van der Waals surface area contributed by atoms with E-state index in [4.69, 9.17) is 5.73 Å². The van der Waals surface area contributed by atoms with Crippen molar-refractivity contribution in [2.45, 2.75) is 33.7 Å². The molecule has 0 spiro atoms. The van der Waals surface area contributed by atoms with Crippen LogP contribution in [0.5, 0.6) is 0 Å². The Morgan fingerprint density at radius 2 is 2.06 bits per heavy atom. The van der Waals surface area contributed by atoms with E-state index in [0.717, 1.165) is 18.4 Å². The number of benzene rings is 1. The largest absolute Gasteiger partial charge is 0.371 e. The second-order valence-electron chi connectivity index (χ2n) is 5.53. The van der Waals surface area contributed by atoms with Gasteiger partial charge in [0.15, 0.2) is 0 Å². The van der Waals surface area contributed by atoms with Crippen molar-refractivity contribution in [1.29, 1.82) is 0 Å². The molecule has 2 atom stereocenters. The fourth-order valence-corrected chi connectivity index (χ4v) is 2.67. The van der Waals surface area contributed by atoms with E-state index in [1.807, 2.05) is 0 Å². The third-order valence-electron chi connectivity index (χ3n) is 4.13. The van der Waals surface area contributed by atoms with Crippen LogP contribution in [0.1, 0.15) is 31.4 Å². The van der Waals surface area contributed by atoms with Crippen LogP contribution in [-0.2, 0) is 6.54 Å². The molecular weight excluding hydrogens is 208 g/mol. The maximum atomic E-state index is 5.86. The van der Waals surface area contributed by atoms with Gasteiger partial charge in [0.2, 0.25) is 0 Å². The molecule has 1 heterocycles. The maximum absolute atomic E-state index is 5.86. The SMILES string of the molecule is Cc1ccc(N2CCC(C)C(C)C2)c(CN)c1. The molecule has 1 aromatic rings. The van der Waals surface area contributed by atoms with E-state index in [0.29, 0.717) is 6.54 Å². The second kappa shape index (κ2) is 5.09. The van der Waals surface area contributed by atoms with Gasteiger partial charge in [0.1, 0.15) is 0 Å². The molecule has 0 bridgehead atoms. The lowest BCUT2D eigenvalue weighted by atomic mass is 9.88. The Hall–Kier alpha value is -1.02. The van der Waals surface area contributed by atoms with E-state index < -0.39 is 0 Å². The summed E-state index contributed by atoms with van der Waals surface area (Å²) in [6.07, 6.45) is 1.29. The predicted molar refractivity (Wildman–Crippen MR) is 74.2 cm³/mol. The summed E-state index contributed by atoms with van der Waals surface area (Å²) in [5.41, 5.74) is 9.79. The first kappa shape index (κ1) is 12.4. The molecule has 1 aliphatic rings. The third kappa shape index (κ3) is 2.63. The number of rotatable bonds is 2. The Morgan fingerprint density at radius 3 is 2.71 bits per heavy atom. The van der Waals surface area contributed by atoms with Gasteiger partial charge in [-0.1, -0.05) is 31.5 Å². The first-order chi connectivity index (χ1) is 8.11. The molecular formula is C15H24N2. The lowest BCUT2D eigenvalue weighted by Gasteiger charge is -2.37. The number of anilines is 1. The lowest BCUT2D eigenvalue weighted by molar-refractivity contribution is 0.323. The van der Waals surface area contributed by atoms with Crippen molar-refractivity contribution in [3.63, 3.8) is 0 Å². The monoisotopic (exact) mass is 232 g/mol. The lowest BCUT2D eigenvalue weighted by Crippen LogP contribution is -2.39. The highest BCUT2D eigenvalue weighted by Crippen LogP contribution is 2.29. The predicted octanol–water partition coefficient (Wildman–Crippen LogP) is 2.94. The minimum absolute atomic E-state index is 0.636. The highest BCUT2D eigenvalue weighted by Gasteiger charge is 2.23. The zero-order valence-electron chi connectivity index (χ0n) is 11.2. The van der Waals surface area contributed by atoms with Crippen LogP contribution in [0.15, 0.2) is 18.2 Å². The Kier molecular flexibility index (Phi) is 3.72. The molecule has 2 N–H and O–H groups in total. The first-order valence-electron chi connectivity index (χ1n) is 6.66. The van der Waals surface area contributed by atoms with Gasteiger partial charge in [-0.25, -0.2) is 0 Å². The molecule has 2 rings (SSSR count). The van der Waals surface area contributed by atoms with Crippen molar-refractivity contribution in [2.24, 2.45) is 17.6 Å². The Morgan fingerprint density at radius 1 is 1.29 bits per heavy atom. The fourth-order valence-electron chi connectivity index (χ4n) is 2.67. The van der Waals surface area contributed by atoms with Gasteiger partial charge in [0.25, 0.3) is 0 Å². The van der Waals surface area contributed by atoms with Crippen LogP contribution in [0.4, 0.5) is 5.69 Å². The van der Waals surface area contributed by atoms with Crippen LogP contribution in [-0.4, -0.2) is 13.1 Å². The fraction of sp³-hybridized carbons (Fsp3) is 0.600. The average Bonchev–Trinajstić information content (AvgIpc) is 2.32. The highest BCUT2D eigenvalue weighted by molar-refractivity contribution is 5.55. The van der Waals surface area contributed by atoms with E-state index in [9.17, 15) is 0 Å². The quantitative estimate of drug-likeness (QED) is 0.849. The molecule has 1 saturated heterocycles. The number of hydrogen-bond acceptors (Lipinski definition) is 2. The normalized spacial score (nSPS) is 25.1. The van der Waals surface area contributed by atoms with E-state index in [-0.39, 0.29) is 0 Å². The molecule has 0 aromatic heterocycles. The topological polar surface area (TPSA) is 29.3 Å². The molecule has 1 fully saturated rings. The first-order valence-corrected chi connectivity index (χ1v) is 6.66. The number of aryl methyl sites for hydroxylation is 1. The van der Waals surface area contributed by atoms with Gasteiger partial charge in [-0.15, -0.1) is 0 Å². The number of piperidine rings is 1. The zero-order valence-corrected chi connectivity index (χ0v) is 11.2. The molecule has 2 heteroatoms. The summed E-state index contributed by atoms with van der Waals surface area (Å²) in [6.45, 7) is 9.81. The number of hydrogen-bond donors (Lipinski definition) is 1. The van der Waals surface area contributed by atoms with Gasteiger partial charge in [0, 0.05) is 25.3 Å². The Bertz CT molecular complexity index is 387. The van der Waals surface area contributed by atoms with Crippen molar-refractivity contribution in [2.75, 3.05) is 18.0 Å². The van der Waals surface area contributed by atoms with Gasteiger partial charge in [0.05, 0.1) is 0 Å². The summed E-state index contributed by atoms with van der Waals surface area (Å²) >= 11 is 0. The standard InChI is InChI=1S/C15H24N2/c1-11-4-5-15(14(8-11)9-16)17-7-6-12(2)13(3)10-17/h4-5,8,12-13H,6-7,9-10,16H2,1-3H3. The number of nitrogens with two attached hydrogens (primary N) is 1. The number of nitrogens with zero attached hydrogens (tertiary/aromatic N) is 1. The summed E-state index contributed by atoms with van der Waals surface area (Å²) in [4.78, 5) is 2.51. The molecule has 2 nitrogen and oxygen atoms in total. The second-order valence-corrected chi connectivity index (χ2v) is 5.53. The summed E-state index contributed by atoms with van der Waals surface area (Å²) in [7, 11) is 0. The van der Waals surface area contributed by atoms with Crippen molar-refractivity contribution in [3.8, 4) is 0 Å². The van der Waals surface area contributed by atoms with Crippen molar-refractivity contribution in [3.05, 3.63) is 29.3 Å². The molecule has 0 aliphatic carbocycles. The Balaban J connectivity index is 2.22. The van der Waals surface area contributed by atoms with Crippen molar-refractivity contribution >= 4 is 5.69 Å². The van der Waals surface area contributed by atoms with E-state index in [2.05, 4.69) is 43.9 Å². The van der Waals surface area contributed by atoms with Crippen molar-refractivity contribution in [1.82, 2.24) is 0 Å². The van der Waals surface area contributed by atoms with Crippen LogP contribution in [0.2, 0.25) is 0 Å². The van der Waals surface area contributed by atoms with Gasteiger partial charge in [-0.2, -0.15) is 0 Å². The molecule has 2 unspecified atom stereocenters. The van der Waals surface area contributed by atoms with Crippen LogP contribution in [0.3, 0.4) is 0 Å². The van der Waals surface area contributed by atoms with Crippen LogP contribution >= 0.6 is 0 Å². The maximum Gasteiger partial charge on any atom is 0.0412 e. The molecule has 0 radical (unpaired) electrons. The van der Waals surface area contributed by atoms with E-state index in [1.165, 1.54) is 29.8 Å². The van der Waals surface area contributed by atoms with Crippen LogP contribution < -0.4 is 10.6 Å². The van der Waals surface area contributed by atoms with Gasteiger partial charge in [-0.05, 0) is 36.8 Å². The molecule has 17 heavy (non-hydrogen) atoms. The third-order valence-corrected chi connectivity index (χ3v) is 4.13.